The average Bonchev–Trinajstić information content (AvgIpc) is 2.36. The number of fused-ring (bicyclic) bond motifs is 3. The predicted molar refractivity (Wildman–Crippen MR) is 90.7 cm³/mol. The van der Waals surface area contributed by atoms with E-state index in [0.717, 1.165) is 19.0 Å². The number of hydrogen-bond donors (Lipinski definition) is 1. The highest BCUT2D eigenvalue weighted by Gasteiger charge is 2.51. The van der Waals surface area contributed by atoms with Gasteiger partial charge in [-0.05, 0) is 70.6 Å². The van der Waals surface area contributed by atoms with E-state index in [-0.39, 0.29) is 17.0 Å². The molecule has 2 bridgehead atoms. The minimum Gasteiger partial charge on any atom is -0.350 e. The molecule has 1 N–H and O–H groups in total. The zero-order valence-corrected chi connectivity index (χ0v) is 15.2. The average molecular weight is 306 g/mol. The van der Waals surface area contributed by atoms with E-state index >= 15 is 0 Å². The fraction of sp³-hybridized carbons (Fsp3) is 0.947. The maximum absolute atomic E-state index is 12.6. The lowest BCUT2D eigenvalue weighted by Crippen LogP contribution is -2.64. The summed E-state index contributed by atoms with van der Waals surface area (Å²) >= 11 is 0. The van der Waals surface area contributed by atoms with E-state index in [4.69, 9.17) is 0 Å². The van der Waals surface area contributed by atoms with Crippen molar-refractivity contribution >= 4 is 5.91 Å². The minimum atomic E-state index is 0.135. The Bertz CT molecular complexity index is 418. The van der Waals surface area contributed by atoms with E-state index in [2.05, 4.69) is 44.8 Å². The van der Waals surface area contributed by atoms with Crippen LogP contribution in [0.4, 0.5) is 0 Å². The van der Waals surface area contributed by atoms with Crippen molar-refractivity contribution in [2.45, 2.75) is 84.2 Å². The van der Waals surface area contributed by atoms with Crippen molar-refractivity contribution in [3.8, 4) is 0 Å². The predicted octanol–water partition coefficient (Wildman–Crippen LogP) is 3.58. The number of carbonyl (C=O) groups is 1. The molecule has 0 aromatic carbocycles. The Kier molecular flexibility index (Phi) is 3.87. The zero-order chi connectivity index (χ0) is 16.2. The molecule has 3 aliphatic carbocycles. The first kappa shape index (κ1) is 16.3. The molecule has 0 atom stereocenters. The highest BCUT2D eigenvalue weighted by molar-refractivity contribution is 5.81. The van der Waals surface area contributed by atoms with E-state index in [1.54, 1.807) is 0 Å². The molecule has 1 saturated heterocycles. The van der Waals surface area contributed by atoms with Crippen molar-refractivity contribution in [3.05, 3.63) is 0 Å². The summed E-state index contributed by atoms with van der Waals surface area (Å²) in [6.45, 7) is 13.3. The summed E-state index contributed by atoms with van der Waals surface area (Å²) in [7, 11) is 0. The van der Waals surface area contributed by atoms with Crippen molar-refractivity contribution in [2.24, 2.45) is 17.3 Å². The van der Waals surface area contributed by atoms with E-state index in [1.807, 2.05) is 0 Å². The molecular formula is C19H34N2O. The molecular weight excluding hydrogens is 272 g/mol. The molecule has 0 unspecified atom stereocenters. The van der Waals surface area contributed by atoms with Gasteiger partial charge in [0.05, 0.1) is 5.92 Å². The van der Waals surface area contributed by atoms with Crippen LogP contribution in [0.5, 0.6) is 0 Å². The summed E-state index contributed by atoms with van der Waals surface area (Å²) in [6.07, 6.45) is 7.53. The number of nitrogens with one attached hydrogen (secondary N) is 1. The highest BCUT2D eigenvalue weighted by Crippen LogP contribution is 2.55. The molecule has 0 radical (unpaired) electrons. The van der Waals surface area contributed by atoms with E-state index in [0.29, 0.717) is 11.3 Å². The number of carbonyl (C=O) groups excluding carboxylic acids is 1. The molecule has 3 heteroatoms. The van der Waals surface area contributed by atoms with Gasteiger partial charge < -0.3 is 5.32 Å². The third-order valence-electron chi connectivity index (χ3n) is 7.12. The van der Waals surface area contributed by atoms with Gasteiger partial charge in [0.2, 0.25) is 5.91 Å². The van der Waals surface area contributed by atoms with E-state index in [1.165, 1.54) is 38.5 Å². The van der Waals surface area contributed by atoms with Gasteiger partial charge in [-0.2, -0.15) is 0 Å². The number of rotatable bonds is 3. The van der Waals surface area contributed by atoms with Crippen LogP contribution < -0.4 is 5.32 Å². The van der Waals surface area contributed by atoms with Crippen LogP contribution in [0.3, 0.4) is 0 Å². The van der Waals surface area contributed by atoms with Crippen molar-refractivity contribution in [1.82, 2.24) is 10.2 Å². The molecule has 4 fully saturated rings. The Hall–Kier alpha value is -0.570. The number of nitrogens with zero attached hydrogens (tertiary/aromatic N) is 1. The van der Waals surface area contributed by atoms with Crippen LogP contribution in [-0.4, -0.2) is 35.0 Å². The fourth-order valence-corrected chi connectivity index (χ4v) is 4.82. The zero-order valence-electron chi connectivity index (χ0n) is 15.2. The van der Waals surface area contributed by atoms with Gasteiger partial charge in [-0.15, -0.1) is 0 Å². The van der Waals surface area contributed by atoms with Gasteiger partial charge in [-0.25, -0.2) is 0 Å². The van der Waals surface area contributed by atoms with Gasteiger partial charge in [0.1, 0.15) is 0 Å². The van der Waals surface area contributed by atoms with Crippen LogP contribution in [0.25, 0.3) is 0 Å². The minimum absolute atomic E-state index is 0.135. The third-order valence-corrected chi connectivity index (χ3v) is 7.12. The van der Waals surface area contributed by atoms with Crippen LogP contribution in [0.1, 0.15) is 73.1 Å². The van der Waals surface area contributed by atoms with Crippen LogP contribution in [0.2, 0.25) is 0 Å². The molecule has 1 amide bonds. The number of likely N-dealkylation sites (tertiary alicyclic amines) is 1. The first-order valence-corrected chi connectivity index (χ1v) is 9.23. The Morgan fingerprint density at radius 2 is 1.55 bits per heavy atom. The van der Waals surface area contributed by atoms with Crippen LogP contribution in [0, 0.1) is 17.3 Å². The van der Waals surface area contributed by atoms with Crippen LogP contribution in [0.15, 0.2) is 0 Å². The summed E-state index contributed by atoms with van der Waals surface area (Å²) < 4.78 is 0. The maximum atomic E-state index is 12.6. The Morgan fingerprint density at radius 1 is 1.05 bits per heavy atom. The normalized spacial score (nSPS) is 36.5. The van der Waals surface area contributed by atoms with Crippen molar-refractivity contribution in [1.29, 1.82) is 0 Å². The SMILES string of the molecule is CC(C)C12CCC(NC(=O)C3CN(C(C)(C)C)C3)(CC1)CC2. The molecule has 1 heterocycles. The standard InChI is InChI=1S/C19H34N2O/c1-14(2)18-6-9-19(10-7-18,11-8-18)20-16(22)15-12-21(13-15)17(3,4)5/h14-15H,6-13H2,1-5H3,(H,20,22). The monoisotopic (exact) mass is 306 g/mol. The molecule has 0 spiro atoms. The smallest absolute Gasteiger partial charge is 0.226 e. The molecule has 0 aromatic heterocycles. The van der Waals surface area contributed by atoms with Gasteiger partial charge >= 0.3 is 0 Å². The fourth-order valence-electron chi connectivity index (χ4n) is 4.82. The molecule has 22 heavy (non-hydrogen) atoms. The van der Waals surface area contributed by atoms with Gasteiger partial charge in [-0.1, -0.05) is 13.8 Å². The largest absolute Gasteiger partial charge is 0.350 e. The van der Waals surface area contributed by atoms with Crippen molar-refractivity contribution in [3.63, 3.8) is 0 Å². The lowest BCUT2D eigenvalue weighted by atomic mass is 9.53. The molecule has 4 rings (SSSR count). The maximum Gasteiger partial charge on any atom is 0.226 e. The molecule has 3 saturated carbocycles. The Balaban J connectivity index is 1.54. The molecule has 126 valence electrons. The Morgan fingerprint density at radius 3 is 1.95 bits per heavy atom. The van der Waals surface area contributed by atoms with Gasteiger partial charge in [0, 0.05) is 24.2 Å². The third kappa shape index (κ3) is 2.70. The van der Waals surface area contributed by atoms with Crippen LogP contribution >= 0.6 is 0 Å². The van der Waals surface area contributed by atoms with E-state index in [9.17, 15) is 4.79 Å². The number of amides is 1. The molecule has 1 aliphatic heterocycles. The summed E-state index contributed by atoms with van der Waals surface area (Å²) in [5.74, 6) is 1.32. The second kappa shape index (κ2) is 5.22. The Labute approximate surface area is 136 Å². The molecule has 0 aromatic rings. The lowest BCUT2D eigenvalue weighted by Gasteiger charge is -2.56. The summed E-state index contributed by atoms with van der Waals surface area (Å²) in [6, 6.07) is 0. The van der Waals surface area contributed by atoms with E-state index < -0.39 is 0 Å². The summed E-state index contributed by atoms with van der Waals surface area (Å²) in [5, 5.41) is 3.48. The summed E-state index contributed by atoms with van der Waals surface area (Å²) in [5.41, 5.74) is 0.906. The summed E-state index contributed by atoms with van der Waals surface area (Å²) in [4.78, 5) is 15.0. The van der Waals surface area contributed by atoms with Gasteiger partial charge in [0.25, 0.3) is 0 Å². The van der Waals surface area contributed by atoms with Crippen molar-refractivity contribution in [2.75, 3.05) is 13.1 Å². The molecule has 4 aliphatic rings. The number of hydrogen-bond acceptors (Lipinski definition) is 2. The first-order valence-electron chi connectivity index (χ1n) is 9.23. The van der Waals surface area contributed by atoms with Gasteiger partial charge in [-0.3, -0.25) is 9.69 Å². The topological polar surface area (TPSA) is 32.3 Å². The van der Waals surface area contributed by atoms with Crippen LogP contribution in [-0.2, 0) is 4.79 Å². The highest BCUT2D eigenvalue weighted by atomic mass is 16.2. The van der Waals surface area contributed by atoms with Crippen molar-refractivity contribution < 1.29 is 4.79 Å². The lowest BCUT2D eigenvalue weighted by molar-refractivity contribution is -0.137. The van der Waals surface area contributed by atoms with Gasteiger partial charge in [0.15, 0.2) is 0 Å². The quantitative estimate of drug-likeness (QED) is 0.864. The molecule has 3 nitrogen and oxygen atoms in total. The second-order valence-corrected chi connectivity index (χ2v) is 9.56. The first-order chi connectivity index (χ1) is 10.2. The second-order valence-electron chi connectivity index (χ2n) is 9.56.